The van der Waals surface area contributed by atoms with Gasteiger partial charge in [-0.05, 0) is 20.8 Å². The molecule has 0 aromatic carbocycles. The van der Waals surface area contributed by atoms with Gasteiger partial charge in [-0.3, -0.25) is 0 Å². The maximum Gasteiger partial charge on any atom is 0.265 e. The zero-order valence-corrected chi connectivity index (χ0v) is 9.26. The Balaban J connectivity index is 4.63. The molecule has 0 amide bonds. The van der Waals surface area contributed by atoms with Crippen LogP contribution in [0.5, 0.6) is 0 Å². The SMILES string of the molecule is C=C[Si](C=C)(C=C)OC(C)(C)C. The average molecular weight is 182 g/mol. The van der Waals surface area contributed by atoms with E-state index in [0.717, 1.165) is 0 Å². The van der Waals surface area contributed by atoms with Crippen LogP contribution in [0.2, 0.25) is 0 Å². The first-order valence-corrected chi connectivity index (χ1v) is 6.14. The number of hydrogen-bond donors (Lipinski definition) is 0. The first-order chi connectivity index (χ1) is 5.39. The van der Waals surface area contributed by atoms with Gasteiger partial charge in [0.2, 0.25) is 0 Å². The lowest BCUT2D eigenvalue weighted by atomic mass is 10.2. The molecule has 0 aliphatic carbocycles. The van der Waals surface area contributed by atoms with E-state index >= 15 is 0 Å². The Kier molecular flexibility index (Phi) is 3.68. The molecule has 0 aromatic rings. The first-order valence-electron chi connectivity index (χ1n) is 4.00. The van der Waals surface area contributed by atoms with Crippen LogP contribution in [0.3, 0.4) is 0 Å². The van der Waals surface area contributed by atoms with Crippen molar-refractivity contribution in [1.82, 2.24) is 0 Å². The largest absolute Gasteiger partial charge is 0.401 e. The van der Waals surface area contributed by atoms with Gasteiger partial charge in [0, 0.05) is 5.60 Å². The van der Waals surface area contributed by atoms with E-state index in [0.29, 0.717) is 0 Å². The Morgan fingerprint density at radius 2 is 1.33 bits per heavy atom. The molecule has 0 bridgehead atoms. The summed E-state index contributed by atoms with van der Waals surface area (Å²) >= 11 is 0. The van der Waals surface area contributed by atoms with E-state index in [2.05, 4.69) is 19.7 Å². The van der Waals surface area contributed by atoms with Crippen LogP contribution in [-0.4, -0.2) is 13.9 Å². The highest BCUT2D eigenvalue weighted by Crippen LogP contribution is 2.19. The van der Waals surface area contributed by atoms with Crippen LogP contribution < -0.4 is 0 Å². The molecule has 12 heavy (non-hydrogen) atoms. The molecule has 0 heterocycles. The van der Waals surface area contributed by atoms with Crippen molar-refractivity contribution in [1.29, 1.82) is 0 Å². The van der Waals surface area contributed by atoms with Crippen LogP contribution in [0.1, 0.15) is 20.8 Å². The fraction of sp³-hybridized carbons (Fsp3) is 0.400. The molecule has 2 heteroatoms. The zero-order chi connectivity index (χ0) is 9.83. The highest BCUT2D eigenvalue weighted by molar-refractivity contribution is 6.87. The fourth-order valence-electron chi connectivity index (χ4n) is 0.905. The van der Waals surface area contributed by atoms with Crippen LogP contribution in [0.15, 0.2) is 36.8 Å². The lowest BCUT2D eigenvalue weighted by molar-refractivity contribution is 0.128. The molecule has 0 unspecified atom stereocenters. The van der Waals surface area contributed by atoms with E-state index in [1.54, 1.807) is 0 Å². The Morgan fingerprint density at radius 3 is 1.42 bits per heavy atom. The molecule has 0 spiro atoms. The number of hydrogen-bond acceptors (Lipinski definition) is 1. The number of rotatable bonds is 4. The Labute approximate surface area is 76.6 Å². The Bertz CT molecular complexity index is 167. The second kappa shape index (κ2) is 3.87. The van der Waals surface area contributed by atoms with Gasteiger partial charge in [0.1, 0.15) is 0 Å². The molecule has 0 fully saturated rings. The molecule has 0 aliphatic heterocycles. The Morgan fingerprint density at radius 1 is 1.00 bits per heavy atom. The van der Waals surface area contributed by atoms with Gasteiger partial charge in [0.05, 0.1) is 0 Å². The third-order valence-electron chi connectivity index (χ3n) is 1.44. The molecule has 0 N–H and O–H groups in total. The zero-order valence-electron chi connectivity index (χ0n) is 8.26. The van der Waals surface area contributed by atoms with Crippen molar-refractivity contribution in [3.63, 3.8) is 0 Å². The van der Waals surface area contributed by atoms with Crippen LogP contribution in [0.4, 0.5) is 0 Å². The maximum atomic E-state index is 5.86. The molecule has 0 aliphatic rings. The topological polar surface area (TPSA) is 9.23 Å². The predicted molar refractivity (Wildman–Crippen MR) is 57.2 cm³/mol. The molecule has 0 radical (unpaired) electrons. The van der Waals surface area contributed by atoms with Crippen LogP contribution in [0.25, 0.3) is 0 Å². The van der Waals surface area contributed by atoms with Gasteiger partial charge in [-0.15, -0.1) is 19.7 Å². The van der Waals surface area contributed by atoms with E-state index in [1.807, 2.05) is 37.9 Å². The van der Waals surface area contributed by atoms with Gasteiger partial charge < -0.3 is 4.43 Å². The van der Waals surface area contributed by atoms with Gasteiger partial charge in [-0.1, -0.05) is 17.1 Å². The molecule has 0 saturated carbocycles. The van der Waals surface area contributed by atoms with Gasteiger partial charge in [-0.25, -0.2) is 0 Å². The summed E-state index contributed by atoms with van der Waals surface area (Å²) in [6.07, 6.45) is 0. The van der Waals surface area contributed by atoms with E-state index in [4.69, 9.17) is 4.43 Å². The minimum Gasteiger partial charge on any atom is -0.401 e. The van der Waals surface area contributed by atoms with E-state index < -0.39 is 8.32 Å². The molecule has 0 atom stereocenters. The lowest BCUT2D eigenvalue weighted by Crippen LogP contribution is -2.40. The van der Waals surface area contributed by atoms with Gasteiger partial charge in [0.15, 0.2) is 0 Å². The van der Waals surface area contributed by atoms with Crippen molar-refractivity contribution < 1.29 is 4.43 Å². The van der Waals surface area contributed by atoms with Crippen LogP contribution in [0, 0.1) is 0 Å². The molecular formula is C10H18OSi. The molecule has 0 aromatic heterocycles. The van der Waals surface area contributed by atoms with Gasteiger partial charge in [-0.2, -0.15) is 0 Å². The second-order valence-corrected chi connectivity index (χ2v) is 6.82. The molecule has 1 nitrogen and oxygen atoms in total. The monoisotopic (exact) mass is 182 g/mol. The molecule has 68 valence electrons. The van der Waals surface area contributed by atoms with E-state index in [1.165, 1.54) is 0 Å². The van der Waals surface area contributed by atoms with E-state index in [9.17, 15) is 0 Å². The van der Waals surface area contributed by atoms with Gasteiger partial charge in [0.25, 0.3) is 8.32 Å². The van der Waals surface area contributed by atoms with Crippen molar-refractivity contribution >= 4 is 8.32 Å². The van der Waals surface area contributed by atoms with Crippen molar-refractivity contribution in [3.05, 3.63) is 36.8 Å². The van der Waals surface area contributed by atoms with Crippen LogP contribution >= 0.6 is 0 Å². The highest BCUT2D eigenvalue weighted by Gasteiger charge is 2.29. The summed E-state index contributed by atoms with van der Waals surface area (Å²) < 4.78 is 5.86. The average Bonchev–Trinajstić information content (AvgIpc) is 1.99. The molecular weight excluding hydrogens is 164 g/mol. The normalized spacial score (nSPS) is 12.2. The van der Waals surface area contributed by atoms with E-state index in [-0.39, 0.29) is 5.60 Å². The standard InChI is InChI=1S/C10H18OSi/c1-7-12(8-2,9-3)11-10(4,5)6/h7-9H,1-3H2,4-6H3. The van der Waals surface area contributed by atoms with Gasteiger partial charge >= 0.3 is 0 Å². The summed E-state index contributed by atoms with van der Waals surface area (Å²) in [5.41, 5.74) is 5.33. The summed E-state index contributed by atoms with van der Waals surface area (Å²) in [6, 6.07) is 0. The maximum absolute atomic E-state index is 5.86. The third-order valence-corrected chi connectivity index (χ3v) is 4.32. The Hall–Kier alpha value is -0.603. The van der Waals surface area contributed by atoms with Crippen molar-refractivity contribution in [2.24, 2.45) is 0 Å². The fourth-order valence-corrected chi connectivity index (χ4v) is 2.72. The van der Waals surface area contributed by atoms with Crippen molar-refractivity contribution in [3.8, 4) is 0 Å². The summed E-state index contributed by atoms with van der Waals surface area (Å²) in [4.78, 5) is 0. The minimum atomic E-state index is -2.06. The smallest absolute Gasteiger partial charge is 0.265 e. The van der Waals surface area contributed by atoms with Crippen LogP contribution in [-0.2, 0) is 4.43 Å². The third kappa shape index (κ3) is 3.20. The quantitative estimate of drug-likeness (QED) is 0.607. The molecule has 0 rings (SSSR count). The predicted octanol–water partition coefficient (Wildman–Crippen LogP) is 2.92. The van der Waals surface area contributed by atoms with Crippen molar-refractivity contribution in [2.45, 2.75) is 26.4 Å². The summed E-state index contributed by atoms with van der Waals surface area (Å²) in [5, 5.41) is 0. The second-order valence-electron chi connectivity index (χ2n) is 3.68. The summed E-state index contributed by atoms with van der Waals surface area (Å²) in [5.74, 6) is 0. The van der Waals surface area contributed by atoms with Crippen molar-refractivity contribution in [2.75, 3.05) is 0 Å². The first kappa shape index (κ1) is 11.4. The highest BCUT2D eigenvalue weighted by atomic mass is 28.4. The lowest BCUT2D eigenvalue weighted by Gasteiger charge is -2.30. The summed E-state index contributed by atoms with van der Waals surface area (Å²) in [6.45, 7) is 17.3. The minimum absolute atomic E-state index is 0.164. The molecule has 0 saturated heterocycles. The summed E-state index contributed by atoms with van der Waals surface area (Å²) in [7, 11) is -2.06.